The minimum atomic E-state index is -1.24. The largest absolute Gasteiger partial charge is 0.369 e. The number of nitrogens with one attached hydrogen (secondary N) is 1. The third kappa shape index (κ3) is 4.03. The number of ether oxygens (including phenoxy) is 1. The van der Waals surface area contributed by atoms with E-state index < -0.39 is 28.1 Å². The summed E-state index contributed by atoms with van der Waals surface area (Å²) in [6.07, 6.45) is 3.26. The number of thiocarbonyl (C=S) groups is 1. The predicted octanol–water partition coefficient (Wildman–Crippen LogP) is 5.53. The number of hydrogen-bond acceptors (Lipinski definition) is 4. The van der Waals surface area contributed by atoms with E-state index in [4.69, 9.17) is 35.1 Å². The van der Waals surface area contributed by atoms with E-state index in [1.54, 1.807) is 38.4 Å². The molecule has 1 aliphatic heterocycles. The second-order valence-corrected chi connectivity index (χ2v) is 8.71. The van der Waals surface area contributed by atoms with Crippen molar-refractivity contribution in [1.29, 1.82) is 0 Å². The SMILES string of the molecule is [C-]#[N+]c1ccc(N2C(=O)C(C)(C)N(c3ccc(COCc4ncc[nH]4)c(F)c3)C2=S)c(F)c1Cl. The molecule has 3 aromatic rings. The zero-order valence-corrected chi connectivity index (χ0v) is 19.7. The Hall–Kier alpha value is -3.39. The topological polar surface area (TPSA) is 65.8 Å². The van der Waals surface area contributed by atoms with Gasteiger partial charge >= 0.3 is 0 Å². The van der Waals surface area contributed by atoms with Crippen LogP contribution >= 0.6 is 23.8 Å². The van der Waals surface area contributed by atoms with Crippen LogP contribution in [0.5, 0.6) is 0 Å². The highest BCUT2D eigenvalue weighted by atomic mass is 35.5. The Morgan fingerprint density at radius 3 is 2.68 bits per heavy atom. The van der Waals surface area contributed by atoms with Gasteiger partial charge in [0.05, 0.1) is 23.9 Å². The van der Waals surface area contributed by atoms with Gasteiger partial charge in [-0.05, 0) is 44.3 Å². The van der Waals surface area contributed by atoms with Crippen molar-refractivity contribution >= 4 is 51.9 Å². The standard InChI is InChI=1S/C23H18ClF2N5O2S/c1-23(2)21(32)30(17-7-6-16(27-3)19(24)20(17)26)22(34)31(23)14-5-4-13(15(25)10-14)11-33-12-18-28-8-9-29-18/h4-10H,11-12H2,1-2H3,(H,28,29). The summed E-state index contributed by atoms with van der Waals surface area (Å²) in [5.74, 6) is -1.37. The molecule has 0 saturated carbocycles. The predicted molar refractivity (Wildman–Crippen MR) is 128 cm³/mol. The molecule has 34 heavy (non-hydrogen) atoms. The van der Waals surface area contributed by atoms with Gasteiger partial charge in [-0.25, -0.2) is 18.6 Å². The summed E-state index contributed by atoms with van der Waals surface area (Å²) in [7, 11) is 0. The summed E-state index contributed by atoms with van der Waals surface area (Å²) >= 11 is 11.5. The van der Waals surface area contributed by atoms with Crippen LogP contribution in [0.1, 0.15) is 25.2 Å². The lowest BCUT2D eigenvalue weighted by molar-refractivity contribution is -0.120. The number of aromatic amines is 1. The first-order valence-corrected chi connectivity index (χ1v) is 10.8. The quantitative estimate of drug-likeness (QED) is 0.355. The molecule has 2 aromatic carbocycles. The Bertz CT molecular complexity index is 1320. The Morgan fingerprint density at radius 2 is 2.03 bits per heavy atom. The molecule has 1 N–H and O–H groups in total. The zero-order valence-electron chi connectivity index (χ0n) is 18.1. The number of imidazole rings is 1. The fourth-order valence-electron chi connectivity index (χ4n) is 3.66. The zero-order chi connectivity index (χ0) is 24.6. The van der Waals surface area contributed by atoms with Crippen LogP contribution in [0.4, 0.5) is 25.8 Å². The number of aromatic nitrogens is 2. The molecule has 0 bridgehead atoms. The van der Waals surface area contributed by atoms with Crippen molar-refractivity contribution in [2.45, 2.75) is 32.6 Å². The molecule has 0 radical (unpaired) electrons. The molecule has 1 saturated heterocycles. The maximum Gasteiger partial charge on any atom is 0.259 e. The lowest BCUT2D eigenvalue weighted by atomic mass is 10.0. The van der Waals surface area contributed by atoms with E-state index in [0.717, 1.165) is 4.90 Å². The van der Waals surface area contributed by atoms with E-state index in [1.807, 2.05) is 0 Å². The Morgan fingerprint density at radius 1 is 1.26 bits per heavy atom. The van der Waals surface area contributed by atoms with Gasteiger partial charge in [0.2, 0.25) is 5.69 Å². The van der Waals surface area contributed by atoms with Gasteiger partial charge in [-0.3, -0.25) is 9.69 Å². The first-order chi connectivity index (χ1) is 16.2. The van der Waals surface area contributed by atoms with Gasteiger partial charge in [0.1, 0.15) is 23.8 Å². The molecule has 1 aliphatic rings. The number of nitrogens with zero attached hydrogens (tertiary/aromatic N) is 4. The maximum atomic E-state index is 14.9. The minimum Gasteiger partial charge on any atom is -0.369 e. The molecule has 174 valence electrons. The van der Waals surface area contributed by atoms with Crippen LogP contribution in [0, 0.1) is 18.2 Å². The third-order valence-corrected chi connectivity index (χ3v) is 6.14. The van der Waals surface area contributed by atoms with Crippen molar-refractivity contribution in [3.63, 3.8) is 0 Å². The summed E-state index contributed by atoms with van der Waals surface area (Å²) in [6.45, 7) is 10.5. The van der Waals surface area contributed by atoms with Crippen molar-refractivity contribution in [3.05, 3.63) is 82.2 Å². The van der Waals surface area contributed by atoms with Crippen molar-refractivity contribution in [2.24, 2.45) is 0 Å². The molecule has 7 nitrogen and oxygen atoms in total. The fourth-order valence-corrected chi connectivity index (χ4v) is 4.37. The second kappa shape index (κ2) is 9.10. The number of H-pyrrole nitrogens is 1. The molecule has 11 heteroatoms. The first-order valence-electron chi connectivity index (χ1n) is 10.1. The van der Waals surface area contributed by atoms with Gasteiger partial charge in [0.15, 0.2) is 10.9 Å². The van der Waals surface area contributed by atoms with E-state index in [1.165, 1.54) is 23.1 Å². The average molecular weight is 502 g/mol. The van der Waals surface area contributed by atoms with Gasteiger partial charge in [-0.2, -0.15) is 0 Å². The van der Waals surface area contributed by atoms with Crippen LogP contribution in [0.25, 0.3) is 4.85 Å². The van der Waals surface area contributed by atoms with Crippen molar-refractivity contribution < 1.29 is 18.3 Å². The van der Waals surface area contributed by atoms with E-state index in [2.05, 4.69) is 14.8 Å². The van der Waals surface area contributed by atoms with Crippen molar-refractivity contribution in [3.8, 4) is 0 Å². The van der Waals surface area contributed by atoms with Crippen LogP contribution in [0.2, 0.25) is 5.02 Å². The molecule has 1 amide bonds. The third-order valence-electron chi connectivity index (χ3n) is 5.42. The summed E-state index contributed by atoms with van der Waals surface area (Å²) < 4.78 is 35.3. The van der Waals surface area contributed by atoms with Gasteiger partial charge < -0.3 is 14.6 Å². The maximum absolute atomic E-state index is 14.9. The molecular weight excluding hydrogens is 484 g/mol. The summed E-state index contributed by atoms with van der Waals surface area (Å²) in [5, 5.41) is -0.439. The Labute approximate surface area is 204 Å². The van der Waals surface area contributed by atoms with Crippen LogP contribution in [-0.2, 0) is 22.7 Å². The summed E-state index contributed by atoms with van der Waals surface area (Å²) in [4.78, 5) is 25.8. The number of carbonyl (C=O) groups excluding carboxylic acids is 1. The van der Waals surface area contributed by atoms with Crippen LogP contribution in [0.15, 0.2) is 42.7 Å². The number of hydrogen-bond donors (Lipinski definition) is 1. The number of amides is 1. The molecule has 0 aliphatic carbocycles. The summed E-state index contributed by atoms with van der Waals surface area (Å²) in [6, 6.07) is 7.00. The number of anilines is 2. The Balaban J connectivity index is 1.61. The lowest BCUT2D eigenvalue weighted by Gasteiger charge is -2.29. The van der Waals surface area contributed by atoms with Crippen LogP contribution in [0.3, 0.4) is 0 Å². The Kier molecular flexibility index (Phi) is 6.36. The fraction of sp³-hybridized carbons (Fsp3) is 0.217. The van der Waals surface area contributed by atoms with E-state index in [-0.39, 0.29) is 29.7 Å². The highest BCUT2D eigenvalue weighted by Crippen LogP contribution is 2.40. The van der Waals surface area contributed by atoms with Crippen LogP contribution < -0.4 is 9.80 Å². The van der Waals surface area contributed by atoms with Crippen molar-refractivity contribution in [2.75, 3.05) is 9.80 Å². The van der Waals surface area contributed by atoms with Crippen molar-refractivity contribution in [1.82, 2.24) is 9.97 Å². The first kappa shape index (κ1) is 23.8. The molecule has 1 aromatic heterocycles. The molecule has 0 unspecified atom stereocenters. The van der Waals surface area contributed by atoms with E-state index in [9.17, 15) is 13.6 Å². The number of benzene rings is 2. The van der Waals surface area contributed by atoms with E-state index in [0.29, 0.717) is 17.1 Å². The van der Waals surface area contributed by atoms with Gasteiger partial charge in [0, 0.05) is 23.6 Å². The van der Waals surface area contributed by atoms with Crippen LogP contribution in [-0.4, -0.2) is 26.5 Å². The average Bonchev–Trinajstić information content (AvgIpc) is 3.37. The van der Waals surface area contributed by atoms with Gasteiger partial charge in [-0.15, -0.1) is 0 Å². The molecule has 0 spiro atoms. The molecular formula is C23H18ClF2N5O2S. The molecule has 1 fully saturated rings. The molecule has 0 atom stereocenters. The molecule has 4 rings (SSSR count). The number of carbonyl (C=O) groups is 1. The summed E-state index contributed by atoms with van der Waals surface area (Å²) in [5.41, 5.74) is -0.857. The highest BCUT2D eigenvalue weighted by Gasteiger charge is 2.51. The normalized spacial score (nSPS) is 15.2. The number of halogens is 3. The lowest BCUT2D eigenvalue weighted by Crippen LogP contribution is -2.44. The minimum absolute atomic E-state index is 0.0167. The molecule has 2 heterocycles. The smallest absolute Gasteiger partial charge is 0.259 e. The van der Waals surface area contributed by atoms with E-state index >= 15 is 0 Å². The van der Waals surface area contributed by atoms with Gasteiger partial charge in [0.25, 0.3) is 5.91 Å². The van der Waals surface area contributed by atoms with Gasteiger partial charge in [-0.1, -0.05) is 23.7 Å². The highest BCUT2D eigenvalue weighted by molar-refractivity contribution is 7.81. The number of rotatable bonds is 6. The monoisotopic (exact) mass is 501 g/mol. The second-order valence-electron chi connectivity index (χ2n) is 7.97.